The summed E-state index contributed by atoms with van der Waals surface area (Å²) in [6, 6.07) is 8.75. The number of carbonyl (C=O) groups is 1. The van der Waals surface area contributed by atoms with Crippen LogP contribution in [0.2, 0.25) is 0 Å². The van der Waals surface area contributed by atoms with Crippen molar-refractivity contribution in [2.45, 2.75) is 18.9 Å². The number of anilines is 2. The number of pyridine rings is 1. The molecule has 1 aliphatic heterocycles. The molecule has 1 N–H and O–H groups in total. The van der Waals surface area contributed by atoms with Gasteiger partial charge in [-0.1, -0.05) is 19.2 Å². The Hall–Kier alpha value is -3.02. The van der Waals surface area contributed by atoms with Crippen molar-refractivity contribution in [3.63, 3.8) is 0 Å². The molecule has 4 nitrogen and oxygen atoms in total. The van der Waals surface area contributed by atoms with E-state index in [2.05, 4.69) is 23.5 Å². The second-order valence-electron chi connectivity index (χ2n) is 6.08. The Morgan fingerprint density at radius 2 is 2.00 bits per heavy atom. The molecule has 3 rings (SSSR count). The lowest BCUT2D eigenvalue weighted by Crippen LogP contribution is -2.34. The van der Waals surface area contributed by atoms with Crippen LogP contribution in [0.1, 0.15) is 18.2 Å². The van der Waals surface area contributed by atoms with E-state index in [1.807, 2.05) is 18.2 Å². The van der Waals surface area contributed by atoms with Crippen LogP contribution in [0.25, 0.3) is 0 Å². The third kappa shape index (κ3) is 3.64. The van der Waals surface area contributed by atoms with Crippen molar-refractivity contribution >= 4 is 17.3 Å². The molecule has 0 bridgehead atoms. The Kier molecular flexibility index (Phi) is 4.84. The minimum Gasteiger partial charge on any atom is -0.355 e. The van der Waals surface area contributed by atoms with Gasteiger partial charge >= 0.3 is 5.92 Å². The molecule has 0 atom stereocenters. The molecule has 0 saturated heterocycles. The average Bonchev–Trinajstić information content (AvgIpc) is 2.67. The number of halogens is 2. The Balaban J connectivity index is 0.00000261. The van der Waals surface area contributed by atoms with Gasteiger partial charge < -0.3 is 10.2 Å². The van der Waals surface area contributed by atoms with Gasteiger partial charge in [0.2, 0.25) is 5.91 Å². The Morgan fingerprint density at radius 1 is 1.23 bits per heavy atom. The normalized spacial score (nSPS) is 13.7. The lowest BCUT2D eigenvalue weighted by molar-refractivity contribution is -0.126. The minimum absolute atomic E-state index is 0. The minimum atomic E-state index is -3.18. The number of nitrogens with one attached hydrogen (secondary N) is 1. The van der Waals surface area contributed by atoms with E-state index in [-0.39, 0.29) is 13.0 Å². The number of hydrogen-bond donors (Lipinski definition) is 1. The summed E-state index contributed by atoms with van der Waals surface area (Å²) in [5.74, 6) is -3.28. The zero-order chi connectivity index (χ0) is 18.7. The molecule has 26 heavy (non-hydrogen) atoms. The van der Waals surface area contributed by atoms with Crippen LogP contribution in [-0.2, 0) is 23.7 Å². The van der Waals surface area contributed by atoms with Gasteiger partial charge in [-0.05, 0) is 54.0 Å². The Bertz CT molecular complexity index is 870. The molecule has 0 spiro atoms. The second-order valence-corrected chi connectivity index (χ2v) is 6.08. The highest BCUT2D eigenvalue weighted by Crippen LogP contribution is 2.30. The van der Waals surface area contributed by atoms with Gasteiger partial charge in [0.25, 0.3) is 0 Å². The number of nitrogens with zero attached hydrogens (tertiary/aromatic N) is 2. The molecule has 136 valence electrons. The van der Waals surface area contributed by atoms with Crippen molar-refractivity contribution in [2.75, 3.05) is 11.9 Å². The van der Waals surface area contributed by atoms with Crippen molar-refractivity contribution in [1.82, 2.24) is 9.88 Å². The van der Waals surface area contributed by atoms with Crippen molar-refractivity contribution in [1.29, 1.82) is 0 Å². The van der Waals surface area contributed by atoms with E-state index < -0.39 is 5.92 Å². The van der Waals surface area contributed by atoms with Gasteiger partial charge in [-0.3, -0.25) is 9.78 Å². The molecule has 2 heterocycles. The number of carbonyl (C=O) groups excluding carboxylic acids is 1. The Labute approximate surface area is 152 Å². The fourth-order valence-corrected chi connectivity index (χ4v) is 2.91. The van der Waals surface area contributed by atoms with Crippen LogP contribution < -0.4 is 5.32 Å². The summed E-state index contributed by atoms with van der Waals surface area (Å²) in [7, 11) is 0. The zero-order valence-electron chi connectivity index (χ0n) is 14.2. The van der Waals surface area contributed by atoms with E-state index >= 15 is 0 Å². The number of hydrogen-bond acceptors (Lipinski definition) is 3. The van der Waals surface area contributed by atoms with E-state index in [0.29, 0.717) is 24.9 Å². The number of benzene rings is 1. The maximum atomic E-state index is 13.7. The lowest BCUT2D eigenvalue weighted by Gasteiger charge is -2.28. The lowest BCUT2D eigenvalue weighted by atomic mass is 9.99. The van der Waals surface area contributed by atoms with Crippen LogP contribution in [0.3, 0.4) is 0 Å². The van der Waals surface area contributed by atoms with Gasteiger partial charge in [0.15, 0.2) is 0 Å². The summed E-state index contributed by atoms with van der Waals surface area (Å²) < 4.78 is 27.5. The summed E-state index contributed by atoms with van der Waals surface area (Å²) >= 11 is 0. The molecule has 1 aliphatic rings. The smallest absolute Gasteiger partial charge is 0.307 e. The molecule has 6 heteroatoms. The summed E-state index contributed by atoms with van der Waals surface area (Å²) in [6.45, 7) is 7.84. The van der Waals surface area contributed by atoms with E-state index in [1.54, 1.807) is 11.0 Å². The van der Waals surface area contributed by atoms with Crippen LogP contribution in [0.15, 0.2) is 61.8 Å². The first-order valence-electron chi connectivity index (χ1n) is 8.21. The fraction of sp³-hybridized carbons (Fsp3) is 0.200. The highest BCUT2D eigenvalue weighted by atomic mass is 19.3. The molecule has 0 unspecified atom stereocenters. The molecular weight excluding hydrogens is 336 g/mol. The molecular formula is C20H21F2N3O. The molecule has 1 amide bonds. The SMILES string of the molecule is C=CC(=O)N1CCc2ccc(Nc3ccnc(C(F)(F)C=C)c3)cc2C1.[HH]. The highest BCUT2D eigenvalue weighted by Gasteiger charge is 2.29. The van der Waals surface area contributed by atoms with Gasteiger partial charge in [-0.25, -0.2) is 0 Å². The molecule has 1 aromatic carbocycles. The summed E-state index contributed by atoms with van der Waals surface area (Å²) in [4.78, 5) is 17.3. The summed E-state index contributed by atoms with van der Waals surface area (Å²) in [5.41, 5.74) is 3.11. The number of aromatic nitrogens is 1. The van der Waals surface area contributed by atoms with Gasteiger partial charge in [-0.2, -0.15) is 8.78 Å². The van der Waals surface area contributed by atoms with Crippen LogP contribution in [-0.4, -0.2) is 22.3 Å². The maximum Gasteiger partial charge on any atom is 0.307 e. The molecule has 0 saturated carbocycles. The number of allylic oxidation sites excluding steroid dienone is 1. The van der Waals surface area contributed by atoms with Crippen molar-refractivity contribution < 1.29 is 15.0 Å². The second kappa shape index (κ2) is 7.07. The number of rotatable bonds is 5. The van der Waals surface area contributed by atoms with Crippen molar-refractivity contribution in [3.8, 4) is 0 Å². The van der Waals surface area contributed by atoms with Crippen molar-refractivity contribution in [2.24, 2.45) is 0 Å². The quantitative estimate of drug-likeness (QED) is 0.636. The average molecular weight is 357 g/mol. The number of alkyl halides is 2. The summed E-state index contributed by atoms with van der Waals surface area (Å²) in [5, 5.41) is 3.12. The van der Waals surface area contributed by atoms with Gasteiger partial charge in [-0.15, -0.1) is 0 Å². The largest absolute Gasteiger partial charge is 0.355 e. The standard InChI is InChI=1S/C20H19F2N3O.H2/c1-3-19(26)25-10-8-14-5-6-16(11-15(14)13-25)24-17-7-9-23-18(12-17)20(21,22)4-2;/h3-7,9,11-12H,1-2,8,10,13H2,(H,23,24);1H. The maximum absolute atomic E-state index is 13.7. The molecule has 0 radical (unpaired) electrons. The third-order valence-electron chi connectivity index (χ3n) is 4.35. The van der Waals surface area contributed by atoms with Crippen LogP contribution in [0.5, 0.6) is 0 Å². The van der Waals surface area contributed by atoms with E-state index in [4.69, 9.17) is 0 Å². The van der Waals surface area contributed by atoms with E-state index in [9.17, 15) is 13.6 Å². The Morgan fingerprint density at radius 3 is 2.73 bits per heavy atom. The fourth-order valence-electron chi connectivity index (χ4n) is 2.91. The van der Waals surface area contributed by atoms with E-state index in [0.717, 1.165) is 17.7 Å². The molecule has 0 fully saturated rings. The van der Waals surface area contributed by atoms with Crippen molar-refractivity contribution in [3.05, 3.63) is 78.7 Å². The number of amides is 1. The van der Waals surface area contributed by atoms with Gasteiger partial charge in [0.05, 0.1) is 0 Å². The predicted octanol–water partition coefficient (Wildman–Crippen LogP) is 4.42. The molecule has 1 aromatic heterocycles. The van der Waals surface area contributed by atoms with Crippen LogP contribution in [0, 0.1) is 0 Å². The molecule has 0 aliphatic carbocycles. The van der Waals surface area contributed by atoms with E-state index in [1.165, 1.54) is 23.9 Å². The first-order chi connectivity index (χ1) is 12.4. The van der Waals surface area contributed by atoms with Gasteiger partial charge in [0.1, 0.15) is 5.69 Å². The summed E-state index contributed by atoms with van der Waals surface area (Å²) in [6.07, 6.45) is 3.99. The highest BCUT2D eigenvalue weighted by molar-refractivity contribution is 5.87. The number of fused-ring (bicyclic) bond motifs is 1. The topological polar surface area (TPSA) is 45.2 Å². The first-order valence-corrected chi connectivity index (χ1v) is 8.21. The first kappa shape index (κ1) is 17.8. The predicted molar refractivity (Wildman–Crippen MR) is 99.5 cm³/mol. The third-order valence-corrected chi connectivity index (χ3v) is 4.35. The van der Waals surface area contributed by atoms with Crippen LogP contribution in [0.4, 0.5) is 20.2 Å². The van der Waals surface area contributed by atoms with Gasteiger partial charge in [0, 0.05) is 32.1 Å². The zero-order valence-corrected chi connectivity index (χ0v) is 14.2. The van der Waals surface area contributed by atoms with Crippen LogP contribution >= 0.6 is 0 Å². The monoisotopic (exact) mass is 357 g/mol. The molecule has 2 aromatic rings.